The van der Waals surface area contributed by atoms with E-state index < -0.39 is 15.8 Å². The van der Waals surface area contributed by atoms with Crippen LogP contribution in [0.1, 0.15) is 41.6 Å². The Morgan fingerprint density at radius 3 is 2.28 bits per heavy atom. The molecule has 5 N–H and O–H groups in total. The Morgan fingerprint density at radius 1 is 0.828 bits per heavy atom. The van der Waals surface area contributed by atoms with Crippen LogP contribution in [0.15, 0.2) is 77.3 Å². The number of nitrogens with zero attached hydrogens (tertiary/aromatic N) is 4. The Morgan fingerprint density at radius 2 is 1.55 bits per heavy atom. The first-order valence-electron chi connectivity index (χ1n) is 20.9. The molecule has 64 heavy (non-hydrogen) atoms. The molecule has 1 fully saturated rings. The van der Waals surface area contributed by atoms with Crippen molar-refractivity contribution in [3.05, 3.63) is 104 Å². The molecule has 20 heteroatoms. The zero-order chi connectivity index (χ0) is 45.0. The molecule has 1 atom stereocenters. The molecule has 0 spiro atoms. The van der Waals surface area contributed by atoms with Crippen LogP contribution < -0.4 is 26.2 Å². The molecule has 2 aliphatic rings. The van der Waals surface area contributed by atoms with E-state index in [-0.39, 0.29) is 41.2 Å². The third-order valence-electron chi connectivity index (χ3n) is 10.8. The number of anilines is 5. The van der Waals surface area contributed by atoms with Gasteiger partial charge in [-0.05, 0) is 56.0 Å². The summed E-state index contributed by atoms with van der Waals surface area (Å²) < 4.78 is 22.7. The molecule has 0 saturated carbocycles. The fraction of sp³-hybridized carbons (Fsp3) is 0.364. The number of hydrogen-bond donors (Lipinski definition) is 5. The molecule has 20 nitrogen and oxygen atoms in total. The molecule has 0 radical (unpaired) electrons. The van der Waals surface area contributed by atoms with E-state index in [4.69, 9.17) is 23.8 Å². The van der Waals surface area contributed by atoms with Crippen LogP contribution >= 0.6 is 0 Å². The number of amides is 1. The highest BCUT2D eigenvalue weighted by Crippen LogP contribution is 2.47. The van der Waals surface area contributed by atoms with E-state index in [9.17, 15) is 34.6 Å². The number of ether oxygens (including phenoxy) is 3. The van der Waals surface area contributed by atoms with Crippen LogP contribution in [0.4, 0.5) is 39.8 Å². The number of aliphatic carboxylic acids is 1. The maximum Gasteiger partial charge on any atom is 0.322 e. The lowest BCUT2D eigenvalue weighted by atomic mass is 9.86. The summed E-state index contributed by atoms with van der Waals surface area (Å²) >= 11 is 0. The van der Waals surface area contributed by atoms with Crippen molar-refractivity contribution in [2.45, 2.75) is 25.7 Å². The maximum absolute atomic E-state index is 14.1. The van der Waals surface area contributed by atoms with Crippen LogP contribution in [0, 0.1) is 26.1 Å². The summed E-state index contributed by atoms with van der Waals surface area (Å²) in [5, 5.41) is 48.7. The number of benzene rings is 4. The molecule has 0 unspecified atom stereocenters. The van der Waals surface area contributed by atoms with Gasteiger partial charge in [-0.3, -0.25) is 34.6 Å². The molecular weight excluding hydrogens is 833 g/mol. The van der Waals surface area contributed by atoms with Gasteiger partial charge in [0.1, 0.15) is 17.7 Å². The number of non-ortho nitro benzene ring substituents is 1. The van der Waals surface area contributed by atoms with Crippen molar-refractivity contribution in [3.63, 3.8) is 0 Å². The molecule has 5 aromatic rings. The van der Waals surface area contributed by atoms with Crippen LogP contribution in [0.5, 0.6) is 0 Å². The van der Waals surface area contributed by atoms with Gasteiger partial charge in [-0.15, -0.1) is 0 Å². The zero-order valence-corrected chi connectivity index (χ0v) is 34.8. The normalized spacial score (nSPS) is 14.2. The summed E-state index contributed by atoms with van der Waals surface area (Å²) in [6, 6.07) is 19.7. The Labute approximate surface area is 366 Å². The van der Waals surface area contributed by atoms with Gasteiger partial charge in [0.15, 0.2) is 11.5 Å². The Hall–Kier alpha value is -7.16. The quantitative estimate of drug-likeness (QED) is 0.0251. The van der Waals surface area contributed by atoms with Gasteiger partial charge in [-0.2, -0.15) is 0 Å². The molecule has 1 saturated heterocycles. The van der Waals surface area contributed by atoms with Gasteiger partial charge in [0.2, 0.25) is 5.91 Å². The minimum absolute atomic E-state index is 0.0561. The van der Waals surface area contributed by atoms with Crippen LogP contribution in [0.25, 0.3) is 22.2 Å². The highest BCUT2D eigenvalue weighted by Gasteiger charge is 2.35. The number of carbonyl (C=O) groups is 3. The first-order valence-corrected chi connectivity index (χ1v) is 20.9. The van der Waals surface area contributed by atoms with Crippen LogP contribution in [0.3, 0.4) is 0 Å². The van der Waals surface area contributed by atoms with Crippen molar-refractivity contribution in [1.29, 1.82) is 0 Å². The maximum atomic E-state index is 14.1. The Kier molecular flexibility index (Phi) is 14.9. The second-order valence-electron chi connectivity index (χ2n) is 15.1. The topological polar surface area (TPSA) is 263 Å². The summed E-state index contributed by atoms with van der Waals surface area (Å²) in [7, 11) is 0. The molecule has 4 aromatic carbocycles. The number of carbonyl (C=O) groups excluding carboxylic acids is 2. The molecule has 1 amide bonds. The minimum atomic E-state index is -0.992. The fourth-order valence-corrected chi connectivity index (χ4v) is 7.74. The van der Waals surface area contributed by atoms with E-state index in [1.54, 1.807) is 30.3 Å². The number of piperidine rings is 1. The molecule has 336 valence electrons. The summed E-state index contributed by atoms with van der Waals surface area (Å²) in [4.78, 5) is 61.7. The van der Waals surface area contributed by atoms with Gasteiger partial charge in [0.25, 0.3) is 11.4 Å². The molecule has 1 aliphatic carbocycles. The van der Waals surface area contributed by atoms with Crippen LogP contribution in [-0.4, -0.2) is 110 Å². The third-order valence-corrected chi connectivity index (χ3v) is 10.8. The number of nitro groups is 2. The van der Waals surface area contributed by atoms with Crippen molar-refractivity contribution in [1.82, 2.24) is 10.5 Å². The van der Waals surface area contributed by atoms with Crippen molar-refractivity contribution >= 4 is 68.4 Å². The molecule has 0 bridgehead atoms. The highest BCUT2D eigenvalue weighted by atomic mass is 16.6. The van der Waals surface area contributed by atoms with E-state index in [2.05, 4.69) is 31.3 Å². The summed E-state index contributed by atoms with van der Waals surface area (Å²) in [5.41, 5.74) is 4.10. The van der Waals surface area contributed by atoms with Gasteiger partial charge in [-0.25, -0.2) is 0 Å². The smallest absolute Gasteiger partial charge is 0.322 e. The second-order valence-corrected chi connectivity index (χ2v) is 15.1. The number of nitro benzene ring substituents is 2. The Balaban J connectivity index is 0.845. The monoisotopic (exact) mass is 880 g/mol. The van der Waals surface area contributed by atoms with Crippen molar-refractivity contribution < 1.29 is 48.1 Å². The average molecular weight is 881 g/mol. The highest BCUT2D eigenvalue weighted by molar-refractivity contribution is 6.29. The number of fused-ring (bicyclic) bond motifs is 2. The first kappa shape index (κ1) is 44.9. The molecule has 1 aliphatic heterocycles. The number of aromatic nitrogens is 1. The lowest BCUT2D eigenvalue weighted by Crippen LogP contribution is -2.43. The lowest BCUT2D eigenvalue weighted by molar-refractivity contribution is -0.393. The SMILES string of the molecule is O=C(O)CNc1cccc(Nc2cc(N3CCC[C@H](C(=O)NCCCOCCOCCOCCCNc4ccc([N+](=O)[O-])cc4[N+](=O)[O-])C3)c3noc4c3c2C(=O)c2ccccc2-4)c1. The average Bonchev–Trinajstić information content (AvgIpc) is 3.74. The van der Waals surface area contributed by atoms with Gasteiger partial charge in [0.05, 0.1) is 70.6 Å². The van der Waals surface area contributed by atoms with E-state index in [0.717, 1.165) is 18.2 Å². The van der Waals surface area contributed by atoms with E-state index in [1.807, 2.05) is 24.3 Å². The van der Waals surface area contributed by atoms with Gasteiger partial charge in [0, 0.05) is 68.0 Å². The van der Waals surface area contributed by atoms with Crippen molar-refractivity contribution in [3.8, 4) is 11.3 Å². The van der Waals surface area contributed by atoms with Crippen molar-refractivity contribution in [2.75, 3.05) is 93.2 Å². The largest absolute Gasteiger partial charge is 0.480 e. The summed E-state index contributed by atoms with van der Waals surface area (Å²) in [6.45, 7) is 3.95. The summed E-state index contributed by atoms with van der Waals surface area (Å²) in [6.07, 6.45) is 2.64. The zero-order valence-electron chi connectivity index (χ0n) is 34.8. The number of rotatable bonds is 24. The van der Waals surface area contributed by atoms with E-state index in [1.165, 1.54) is 12.1 Å². The first-order chi connectivity index (χ1) is 31.1. The minimum Gasteiger partial charge on any atom is -0.480 e. The van der Waals surface area contributed by atoms with E-state index in [0.29, 0.717) is 135 Å². The summed E-state index contributed by atoms with van der Waals surface area (Å²) in [5.74, 6) is -1.02. The van der Waals surface area contributed by atoms with Gasteiger partial charge < -0.3 is 50.0 Å². The number of carboxylic acids is 1. The van der Waals surface area contributed by atoms with Crippen LogP contribution in [0.2, 0.25) is 0 Å². The van der Waals surface area contributed by atoms with E-state index >= 15 is 0 Å². The molecular formula is C44H48N8O12. The van der Waals surface area contributed by atoms with Gasteiger partial charge >= 0.3 is 5.97 Å². The molecule has 2 heterocycles. The third kappa shape index (κ3) is 10.9. The fourth-order valence-electron chi connectivity index (χ4n) is 7.74. The molecule has 1 aromatic heterocycles. The Bertz CT molecular complexity index is 2510. The molecule has 7 rings (SSSR count). The second kappa shape index (κ2) is 21.3. The number of ketones is 1. The number of nitrogens with one attached hydrogen (secondary N) is 4. The number of carboxylic acid groups (broad SMARTS) is 1. The van der Waals surface area contributed by atoms with Crippen LogP contribution in [-0.2, 0) is 23.8 Å². The van der Waals surface area contributed by atoms with Gasteiger partial charge in [-0.1, -0.05) is 35.5 Å². The predicted molar refractivity (Wildman–Crippen MR) is 237 cm³/mol. The number of hydrogen-bond acceptors (Lipinski definition) is 16. The lowest BCUT2D eigenvalue weighted by Gasteiger charge is -2.34. The van der Waals surface area contributed by atoms with Crippen molar-refractivity contribution in [2.24, 2.45) is 5.92 Å². The standard InChI is InChI=1S/C44H48N8O12/c53-38(54)26-47-29-8-3-9-30(23-29)48-35-25-37(41-40-39(35)42(55)32-10-1-2-11-33(32)43(40)64-49-41)50-16-4-7-28(27-50)44(56)46-15-6-18-62-20-22-63-21-19-61-17-5-14-45-34-13-12-31(51(57)58)24-36(34)52(59)60/h1-3,8-13,23-25,28,45,47-48H,4-7,14-22,26-27H2,(H,46,56)(H,53,54)/t28-/m0/s1. The predicted octanol–water partition coefficient (Wildman–Crippen LogP) is 6.37.